The van der Waals surface area contributed by atoms with Crippen LogP contribution in [0.2, 0.25) is 0 Å². The Hall–Kier alpha value is -0.0900. The number of halogens is 1. The van der Waals surface area contributed by atoms with Crippen molar-refractivity contribution in [3.63, 3.8) is 0 Å². The maximum absolute atomic E-state index is 10.6. The second-order valence-corrected chi connectivity index (χ2v) is 6.36. The van der Waals surface area contributed by atoms with E-state index in [1.165, 1.54) is 35.7 Å². The van der Waals surface area contributed by atoms with Crippen LogP contribution in [0.4, 0.5) is 0 Å². The van der Waals surface area contributed by atoms with Gasteiger partial charge in [-0.05, 0) is 58.5 Å². The van der Waals surface area contributed by atoms with E-state index < -0.39 is 0 Å². The lowest BCUT2D eigenvalue weighted by atomic mass is 9.73. The summed E-state index contributed by atoms with van der Waals surface area (Å²) in [6, 6.07) is 8.31. The van der Waals surface area contributed by atoms with Gasteiger partial charge in [0.05, 0.1) is 6.10 Å². The topological polar surface area (TPSA) is 20.2 Å². The number of rotatable bonds is 3. The fraction of sp³-hybridized carbons (Fsp3) is 0.600. The van der Waals surface area contributed by atoms with Crippen LogP contribution in [-0.4, -0.2) is 5.11 Å². The first-order chi connectivity index (χ1) is 8.22. The molecule has 0 bridgehead atoms. The average Bonchev–Trinajstić information content (AvgIpc) is 2.38. The largest absolute Gasteiger partial charge is 0.388 e. The molecule has 0 saturated heterocycles. The van der Waals surface area contributed by atoms with Gasteiger partial charge in [-0.3, -0.25) is 0 Å². The molecule has 0 spiro atoms. The molecule has 1 aliphatic rings. The van der Waals surface area contributed by atoms with Crippen LogP contribution >= 0.6 is 22.6 Å². The van der Waals surface area contributed by atoms with Crippen LogP contribution in [0.1, 0.15) is 50.7 Å². The van der Waals surface area contributed by atoms with Crippen molar-refractivity contribution in [3.8, 4) is 0 Å². The van der Waals surface area contributed by atoms with Crippen LogP contribution in [0.5, 0.6) is 0 Å². The molecular weight excluding hydrogens is 323 g/mol. The van der Waals surface area contributed by atoms with Gasteiger partial charge < -0.3 is 5.11 Å². The van der Waals surface area contributed by atoms with Crippen LogP contribution in [0.25, 0.3) is 0 Å². The van der Waals surface area contributed by atoms with E-state index >= 15 is 0 Å². The van der Waals surface area contributed by atoms with Crippen LogP contribution in [0.15, 0.2) is 24.3 Å². The third-order valence-corrected chi connectivity index (χ3v) is 4.76. The van der Waals surface area contributed by atoms with Crippen molar-refractivity contribution in [1.82, 2.24) is 0 Å². The van der Waals surface area contributed by atoms with Crippen molar-refractivity contribution in [3.05, 3.63) is 33.4 Å². The first-order valence-corrected chi connectivity index (χ1v) is 7.73. The molecule has 94 valence electrons. The molecule has 1 aromatic rings. The van der Waals surface area contributed by atoms with E-state index in [-0.39, 0.29) is 6.10 Å². The summed E-state index contributed by atoms with van der Waals surface area (Å²) >= 11 is 2.31. The van der Waals surface area contributed by atoms with Gasteiger partial charge in [-0.25, -0.2) is 0 Å². The van der Waals surface area contributed by atoms with Crippen molar-refractivity contribution in [2.45, 2.75) is 45.1 Å². The van der Waals surface area contributed by atoms with Crippen LogP contribution < -0.4 is 0 Å². The fourth-order valence-electron chi connectivity index (χ4n) is 3.10. The predicted molar refractivity (Wildman–Crippen MR) is 79.9 cm³/mol. The maximum Gasteiger partial charge on any atom is 0.0821 e. The van der Waals surface area contributed by atoms with Crippen molar-refractivity contribution in [2.24, 2.45) is 11.8 Å². The Balaban J connectivity index is 2.15. The summed E-state index contributed by atoms with van der Waals surface area (Å²) in [6.07, 6.45) is 6.03. The summed E-state index contributed by atoms with van der Waals surface area (Å²) in [6.45, 7) is 2.25. The van der Waals surface area contributed by atoms with Gasteiger partial charge in [-0.1, -0.05) is 44.7 Å². The summed E-state index contributed by atoms with van der Waals surface area (Å²) in [5.74, 6) is 1.17. The average molecular weight is 344 g/mol. The zero-order valence-corrected chi connectivity index (χ0v) is 12.6. The van der Waals surface area contributed by atoms with E-state index in [0.29, 0.717) is 11.8 Å². The van der Waals surface area contributed by atoms with Crippen LogP contribution in [0.3, 0.4) is 0 Å². The third kappa shape index (κ3) is 3.22. The second-order valence-electron chi connectivity index (χ2n) is 5.12. The summed E-state index contributed by atoms with van der Waals surface area (Å²) in [7, 11) is 0. The molecule has 2 heteroatoms. The molecule has 1 saturated carbocycles. The molecule has 1 fully saturated rings. The zero-order valence-electron chi connectivity index (χ0n) is 10.4. The molecule has 0 aromatic heterocycles. The van der Waals surface area contributed by atoms with Gasteiger partial charge in [0.1, 0.15) is 0 Å². The molecule has 0 radical (unpaired) electrons. The van der Waals surface area contributed by atoms with Crippen molar-refractivity contribution >= 4 is 22.6 Å². The summed E-state index contributed by atoms with van der Waals surface area (Å²) in [5, 5.41) is 10.6. The molecule has 1 aliphatic carbocycles. The molecule has 0 aliphatic heterocycles. The Bertz CT molecular complexity index is 364. The quantitative estimate of drug-likeness (QED) is 0.798. The molecule has 2 rings (SSSR count). The predicted octanol–water partition coefficient (Wildman–Crippen LogP) is 4.54. The van der Waals surface area contributed by atoms with E-state index in [1.807, 2.05) is 6.07 Å². The monoisotopic (exact) mass is 344 g/mol. The Kier molecular flexibility index (Phi) is 4.86. The maximum atomic E-state index is 10.6. The first kappa shape index (κ1) is 13.3. The number of hydrogen-bond donors (Lipinski definition) is 1. The Labute approximate surface area is 118 Å². The minimum atomic E-state index is -0.269. The normalized spacial score (nSPS) is 26.8. The summed E-state index contributed by atoms with van der Waals surface area (Å²) in [5.41, 5.74) is 1.10. The smallest absolute Gasteiger partial charge is 0.0821 e. The van der Waals surface area contributed by atoms with Crippen molar-refractivity contribution < 1.29 is 5.11 Å². The van der Waals surface area contributed by atoms with Gasteiger partial charge in [0.25, 0.3) is 0 Å². The lowest BCUT2D eigenvalue weighted by Crippen LogP contribution is -2.25. The molecular formula is C15H21IO. The Morgan fingerprint density at radius 2 is 2.12 bits per heavy atom. The van der Waals surface area contributed by atoms with E-state index in [1.54, 1.807) is 0 Å². The highest BCUT2D eigenvalue weighted by molar-refractivity contribution is 14.1. The van der Waals surface area contributed by atoms with Gasteiger partial charge >= 0.3 is 0 Å². The van der Waals surface area contributed by atoms with Crippen LogP contribution in [-0.2, 0) is 0 Å². The lowest BCUT2D eigenvalue weighted by Gasteiger charge is -2.34. The van der Waals surface area contributed by atoms with E-state index in [0.717, 1.165) is 5.56 Å². The summed E-state index contributed by atoms with van der Waals surface area (Å²) in [4.78, 5) is 0. The third-order valence-electron chi connectivity index (χ3n) is 4.09. The highest BCUT2D eigenvalue weighted by Gasteiger charge is 2.30. The van der Waals surface area contributed by atoms with E-state index in [2.05, 4.69) is 47.7 Å². The van der Waals surface area contributed by atoms with Crippen molar-refractivity contribution in [2.75, 3.05) is 0 Å². The molecule has 1 nitrogen and oxygen atoms in total. The van der Waals surface area contributed by atoms with Crippen LogP contribution in [0, 0.1) is 15.4 Å². The molecule has 0 amide bonds. The van der Waals surface area contributed by atoms with Gasteiger partial charge in [-0.2, -0.15) is 0 Å². The van der Waals surface area contributed by atoms with Gasteiger partial charge in [0.2, 0.25) is 0 Å². The number of benzene rings is 1. The number of aliphatic hydroxyl groups excluding tert-OH is 1. The molecule has 1 aromatic carbocycles. The second kappa shape index (κ2) is 6.19. The lowest BCUT2D eigenvalue weighted by molar-refractivity contribution is 0.0451. The van der Waals surface area contributed by atoms with Crippen molar-refractivity contribution in [1.29, 1.82) is 0 Å². The minimum Gasteiger partial charge on any atom is -0.388 e. The fourth-order valence-corrected chi connectivity index (χ4v) is 3.66. The minimum absolute atomic E-state index is 0.269. The standard InChI is InChI=1S/C15H21IO/c1-2-11-6-3-4-9-14(11)15(17)12-7-5-8-13(16)10-12/h5,7-8,10-11,14-15,17H,2-4,6,9H2,1H3. The molecule has 1 N–H and O–H groups in total. The van der Waals surface area contributed by atoms with Gasteiger partial charge in [0.15, 0.2) is 0 Å². The highest BCUT2D eigenvalue weighted by Crippen LogP contribution is 2.40. The molecule has 17 heavy (non-hydrogen) atoms. The Morgan fingerprint density at radius 1 is 1.35 bits per heavy atom. The molecule has 3 unspecified atom stereocenters. The molecule has 3 atom stereocenters. The van der Waals surface area contributed by atoms with Gasteiger partial charge in [0, 0.05) is 3.57 Å². The first-order valence-electron chi connectivity index (χ1n) is 6.66. The van der Waals surface area contributed by atoms with E-state index in [9.17, 15) is 5.11 Å². The SMILES string of the molecule is CCC1CCCCC1C(O)c1cccc(I)c1. The number of hydrogen-bond acceptors (Lipinski definition) is 1. The van der Waals surface area contributed by atoms with Gasteiger partial charge in [-0.15, -0.1) is 0 Å². The highest BCUT2D eigenvalue weighted by atomic mass is 127. The van der Waals surface area contributed by atoms with E-state index in [4.69, 9.17) is 0 Å². The molecule has 0 heterocycles. The zero-order chi connectivity index (χ0) is 12.3. The number of aliphatic hydroxyl groups is 1. The summed E-state index contributed by atoms with van der Waals surface area (Å²) < 4.78 is 1.21. The Morgan fingerprint density at radius 3 is 2.82 bits per heavy atom.